The van der Waals surface area contributed by atoms with E-state index < -0.39 is 85.5 Å². The van der Waals surface area contributed by atoms with Crippen molar-refractivity contribution in [3.8, 4) is 0 Å². The van der Waals surface area contributed by atoms with E-state index in [9.17, 15) is 43.8 Å². The summed E-state index contributed by atoms with van der Waals surface area (Å²) in [4.78, 5) is 43.7. The Bertz CT molecular complexity index is 1380. The van der Waals surface area contributed by atoms with Crippen molar-refractivity contribution >= 4 is 27.6 Å². The number of phosphoric ester groups is 2. The Morgan fingerprint density at radius 1 is 0.422 bits per heavy atom. The van der Waals surface area contributed by atoms with Gasteiger partial charge in [0.25, 0.3) is 0 Å². The number of hydrogen-bond acceptors (Lipinski definition) is 13. The molecule has 5 unspecified atom stereocenters. The molecule has 0 aromatic rings. The van der Waals surface area contributed by atoms with Crippen LogP contribution in [0.5, 0.6) is 0 Å². The van der Waals surface area contributed by atoms with Crippen molar-refractivity contribution < 1.29 is 71.4 Å². The van der Waals surface area contributed by atoms with Crippen LogP contribution in [-0.2, 0) is 46.3 Å². The highest BCUT2D eigenvalue weighted by molar-refractivity contribution is 7.47. The minimum atomic E-state index is -4.80. The molecule has 5 atom stereocenters. The van der Waals surface area contributed by atoms with Crippen LogP contribution in [0.1, 0.15) is 168 Å². The lowest BCUT2D eigenvalue weighted by atomic mass is 10.0. The summed E-state index contributed by atoms with van der Waals surface area (Å²) in [6, 6.07) is 0. The molecule has 17 heteroatoms. The van der Waals surface area contributed by atoms with Crippen molar-refractivity contribution in [3.63, 3.8) is 0 Å². The number of esters is 2. The first kappa shape index (κ1) is 61.7. The molecule has 0 radical (unpaired) electrons. The average molecular weight is 951 g/mol. The fourth-order valence-electron chi connectivity index (χ4n) is 5.84. The van der Waals surface area contributed by atoms with Crippen molar-refractivity contribution in [1.29, 1.82) is 0 Å². The average Bonchev–Trinajstić information content (AvgIpc) is 3.27. The van der Waals surface area contributed by atoms with Gasteiger partial charge < -0.3 is 34.6 Å². The van der Waals surface area contributed by atoms with Crippen molar-refractivity contribution in [2.45, 2.75) is 186 Å². The van der Waals surface area contributed by atoms with E-state index in [1.54, 1.807) is 0 Å². The summed E-state index contributed by atoms with van der Waals surface area (Å²) < 4.78 is 52.9. The second kappa shape index (κ2) is 43.3. The number of allylic oxidation sites excluding steroid dienone is 10. The summed E-state index contributed by atoms with van der Waals surface area (Å²) in [5, 5.41) is 30.0. The molecule has 0 aromatic heterocycles. The van der Waals surface area contributed by atoms with Gasteiger partial charge in [0.05, 0.1) is 26.4 Å². The third-order valence-corrected chi connectivity index (χ3v) is 11.4. The zero-order valence-corrected chi connectivity index (χ0v) is 40.7. The number of carbonyl (C=O) groups excluding carboxylic acids is 2. The second-order valence-corrected chi connectivity index (χ2v) is 18.7. The third kappa shape index (κ3) is 44.9. The Morgan fingerprint density at radius 2 is 0.719 bits per heavy atom. The number of carbonyl (C=O) groups is 2. The molecular weight excluding hydrogens is 866 g/mol. The Morgan fingerprint density at radius 3 is 1.08 bits per heavy atom. The van der Waals surface area contributed by atoms with Crippen molar-refractivity contribution in [1.82, 2.24) is 0 Å². The lowest BCUT2D eigenvalue weighted by Gasteiger charge is -2.19. The molecule has 0 bridgehead atoms. The predicted octanol–water partition coefficient (Wildman–Crippen LogP) is 10.6. The largest absolute Gasteiger partial charge is 0.472 e. The minimum absolute atomic E-state index is 0.116. The number of rotatable bonds is 45. The minimum Gasteiger partial charge on any atom is -0.463 e. The topological polar surface area (TPSA) is 225 Å². The molecule has 15 nitrogen and oxygen atoms in total. The first-order chi connectivity index (χ1) is 30.8. The van der Waals surface area contributed by atoms with Crippen LogP contribution in [0.3, 0.4) is 0 Å². The molecule has 0 saturated heterocycles. The standard InChI is InChI=1S/C47H84O15P2/c1-3-5-7-9-11-13-15-17-19-20-22-24-26-28-30-32-34-36-47(52)58-38-44(49)40-60-64(55,56)62-42-45(50)41-61-63(53,54)59-39-43(48)37-57-46(51)35-33-31-29-27-25-23-21-18-16-14-12-10-8-6-4-2/h5,7,11,13,17,19,22,24,28,30,43-45,48-50H,3-4,6,8-10,12,14-16,18,20-21,23,25-27,29,31-42H2,1-2H3,(H,53,54)(H,55,56)/b7-5-,13-11-,19-17-,24-22-,30-28-. The Hall–Kier alpha value is -2.26. The van der Waals surface area contributed by atoms with Crippen LogP contribution in [0.25, 0.3) is 0 Å². The van der Waals surface area contributed by atoms with Crippen molar-refractivity contribution in [3.05, 3.63) is 60.8 Å². The maximum Gasteiger partial charge on any atom is 0.472 e. The fraction of sp³-hybridized carbons (Fsp3) is 0.745. The Balaban J connectivity index is 3.95. The predicted molar refractivity (Wildman–Crippen MR) is 251 cm³/mol. The number of hydrogen-bond donors (Lipinski definition) is 5. The van der Waals surface area contributed by atoms with E-state index in [0.717, 1.165) is 51.4 Å². The van der Waals surface area contributed by atoms with Crippen LogP contribution in [-0.4, -0.2) is 95.0 Å². The van der Waals surface area contributed by atoms with Crippen molar-refractivity contribution in [2.24, 2.45) is 0 Å². The van der Waals surface area contributed by atoms with Crippen LogP contribution in [0.4, 0.5) is 0 Å². The highest BCUT2D eigenvalue weighted by Crippen LogP contribution is 2.45. The normalized spacial score (nSPS) is 15.7. The third-order valence-electron chi connectivity index (χ3n) is 9.49. The van der Waals surface area contributed by atoms with Gasteiger partial charge in [0.2, 0.25) is 0 Å². The SMILES string of the molecule is CC/C=C\C/C=C\C/C=C\C/C=C\C/C=C\CCCC(=O)OCC(O)COP(=O)(O)OCC(O)COP(=O)(O)OCC(O)COC(=O)CCCCCCCCCCCCCCCCC. The lowest BCUT2D eigenvalue weighted by molar-refractivity contribution is -0.148. The van der Waals surface area contributed by atoms with Gasteiger partial charge >= 0.3 is 27.6 Å². The summed E-state index contributed by atoms with van der Waals surface area (Å²) in [6.07, 6.45) is 40.7. The highest BCUT2D eigenvalue weighted by Gasteiger charge is 2.28. The van der Waals surface area contributed by atoms with Crippen LogP contribution in [0.2, 0.25) is 0 Å². The first-order valence-electron chi connectivity index (χ1n) is 23.6. The molecule has 0 fully saturated rings. The van der Waals surface area contributed by atoms with Gasteiger partial charge in [0, 0.05) is 12.8 Å². The van der Waals surface area contributed by atoms with Gasteiger partial charge in [0.1, 0.15) is 31.5 Å². The van der Waals surface area contributed by atoms with Crippen LogP contribution in [0.15, 0.2) is 60.8 Å². The zero-order valence-electron chi connectivity index (χ0n) is 38.9. The van der Waals surface area contributed by atoms with Crippen LogP contribution in [0, 0.1) is 0 Å². The van der Waals surface area contributed by atoms with E-state index in [0.29, 0.717) is 19.3 Å². The van der Waals surface area contributed by atoms with Gasteiger partial charge in [-0.1, -0.05) is 164 Å². The van der Waals surface area contributed by atoms with Crippen LogP contribution >= 0.6 is 15.6 Å². The van der Waals surface area contributed by atoms with E-state index in [1.807, 2.05) is 12.2 Å². The second-order valence-electron chi connectivity index (χ2n) is 15.7. The fourth-order valence-corrected chi connectivity index (χ4v) is 7.43. The van der Waals surface area contributed by atoms with Gasteiger partial charge in [-0.3, -0.25) is 27.7 Å². The quantitative estimate of drug-likeness (QED) is 0.0166. The molecular formula is C47H84O15P2. The molecule has 0 spiro atoms. The molecule has 0 saturated carbocycles. The summed E-state index contributed by atoms with van der Waals surface area (Å²) in [6.45, 7) is 0.237. The van der Waals surface area contributed by atoms with Gasteiger partial charge in [-0.15, -0.1) is 0 Å². The smallest absolute Gasteiger partial charge is 0.463 e. The number of aliphatic hydroxyl groups is 3. The molecule has 0 amide bonds. The molecule has 64 heavy (non-hydrogen) atoms. The molecule has 0 aliphatic heterocycles. The zero-order chi connectivity index (χ0) is 47.4. The summed E-state index contributed by atoms with van der Waals surface area (Å²) in [7, 11) is -9.59. The lowest BCUT2D eigenvalue weighted by Crippen LogP contribution is -2.25. The number of phosphoric acid groups is 2. The van der Waals surface area contributed by atoms with Crippen molar-refractivity contribution in [2.75, 3.05) is 39.6 Å². The summed E-state index contributed by atoms with van der Waals surface area (Å²) in [5.74, 6) is -1.05. The summed E-state index contributed by atoms with van der Waals surface area (Å²) in [5.41, 5.74) is 0. The number of unbranched alkanes of at least 4 members (excludes halogenated alkanes) is 15. The van der Waals surface area contributed by atoms with E-state index in [4.69, 9.17) is 9.47 Å². The summed E-state index contributed by atoms with van der Waals surface area (Å²) >= 11 is 0. The Labute approximate surface area is 384 Å². The van der Waals surface area contributed by atoms with Gasteiger partial charge in [-0.05, 0) is 51.4 Å². The molecule has 0 aliphatic rings. The van der Waals surface area contributed by atoms with Gasteiger partial charge in [-0.25, -0.2) is 9.13 Å². The van der Waals surface area contributed by atoms with E-state index in [1.165, 1.54) is 70.6 Å². The molecule has 5 N–H and O–H groups in total. The first-order valence-corrected chi connectivity index (χ1v) is 26.6. The molecule has 0 rings (SSSR count). The van der Waals surface area contributed by atoms with Crippen LogP contribution < -0.4 is 0 Å². The number of aliphatic hydroxyl groups excluding tert-OH is 3. The van der Waals surface area contributed by atoms with E-state index in [2.05, 4.69) is 80.6 Å². The maximum atomic E-state index is 12.1. The number of ether oxygens (including phenoxy) is 2. The highest BCUT2D eigenvalue weighted by atomic mass is 31.2. The maximum absolute atomic E-state index is 12.1. The molecule has 372 valence electrons. The molecule has 0 aliphatic carbocycles. The van der Waals surface area contributed by atoms with Gasteiger partial charge in [0.15, 0.2) is 0 Å². The molecule has 0 heterocycles. The Kier molecular flexibility index (Phi) is 41.8. The van der Waals surface area contributed by atoms with E-state index >= 15 is 0 Å². The molecule has 0 aromatic carbocycles. The van der Waals surface area contributed by atoms with E-state index in [-0.39, 0.29) is 12.8 Å². The van der Waals surface area contributed by atoms with Gasteiger partial charge in [-0.2, -0.15) is 0 Å². The monoisotopic (exact) mass is 951 g/mol.